The lowest BCUT2D eigenvalue weighted by Gasteiger charge is -2.35. The van der Waals surface area contributed by atoms with Crippen LogP contribution in [0.1, 0.15) is 17.7 Å². The zero-order chi connectivity index (χ0) is 14.4. The van der Waals surface area contributed by atoms with E-state index in [0.29, 0.717) is 0 Å². The topological polar surface area (TPSA) is 44.3 Å². The van der Waals surface area contributed by atoms with Crippen molar-refractivity contribution in [3.8, 4) is 0 Å². The summed E-state index contributed by atoms with van der Waals surface area (Å²) in [5.74, 6) is 1.83. The summed E-state index contributed by atoms with van der Waals surface area (Å²) >= 11 is 1.75. The van der Waals surface area contributed by atoms with Gasteiger partial charge in [-0.3, -0.25) is 4.90 Å². The Labute approximate surface area is 129 Å². The number of thiophene rings is 1. The van der Waals surface area contributed by atoms with Crippen molar-refractivity contribution in [3.05, 3.63) is 10.9 Å². The molecule has 0 bridgehead atoms. The average molecular weight is 303 g/mol. The molecule has 4 rings (SSSR count). The molecule has 0 aromatic carbocycles. The monoisotopic (exact) mass is 303 g/mol. The Hall–Kier alpha value is -1.40. The highest BCUT2D eigenvalue weighted by Gasteiger charge is 2.32. The maximum atomic E-state index is 4.73. The van der Waals surface area contributed by atoms with Crippen LogP contribution in [0.15, 0.2) is 6.07 Å². The number of hydrogen-bond donors (Lipinski definition) is 1. The molecule has 2 aromatic rings. The number of nitrogens with zero attached hydrogens (tertiary/aromatic N) is 4. The van der Waals surface area contributed by atoms with Crippen LogP contribution in [-0.4, -0.2) is 54.1 Å². The molecule has 0 atom stereocenters. The summed E-state index contributed by atoms with van der Waals surface area (Å²) in [5.41, 5.74) is 0. The van der Waals surface area contributed by atoms with E-state index < -0.39 is 0 Å². The van der Waals surface area contributed by atoms with Crippen molar-refractivity contribution in [2.75, 3.05) is 43.4 Å². The van der Waals surface area contributed by atoms with Gasteiger partial charge in [-0.2, -0.15) is 4.98 Å². The number of aryl methyl sites for hydroxylation is 1. The molecule has 6 heteroatoms. The highest BCUT2D eigenvalue weighted by atomic mass is 32.1. The molecule has 21 heavy (non-hydrogen) atoms. The third kappa shape index (κ3) is 2.46. The molecule has 1 saturated carbocycles. The van der Waals surface area contributed by atoms with Crippen LogP contribution in [0, 0.1) is 6.92 Å². The first kappa shape index (κ1) is 13.3. The van der Waals surface area contributed by atoms with Gasteiger partial charge in [0.05, 0.1) is 5.39 Å². The van der Waals surface area contributed by atoms with E-state index in [1.165, 1.54) is 23.1 Å². The predicted molar refractivity (Wildman–Crippen MR) is 88.5 cm³/mol. The number of nitrogens with one attached hydrogen (secondary N) is 1. The summed E-state index contributed by atoms with van der Waals surface area (Å²) in [7, 11) is 1.89. The standard InChI is InChI=1S/C15H21N5S/c1-10-9-12-13(17-15(16-2)18-14(12)21-10)20-7-5-19(6-8-20)11-3-4-11/h9,11H,3-8H2,1-2H3,(H,16,17,18). The first-order valence-corrected chi connectivity index (χ1v) is 8.51. The molecule has 2 aromatic heterocycles. The zero-order valence-electron chi connectivity index (χ0n) is 12.6. The van der Waals surface area contributed by atoms with Gasteiger partial charge in [0.1, 0.15) is 10.6 Å². The van der Waals surface area contributed by atoms with Crippen LogP contribution in [0.4, 0.5) is 11.8 Å². The third-order valence-corrected chi connectivity index (χ3v) is 5.34. The van der Waals surface area contributed by atoms with Crippen molar-refractivity contribution in [2.45, 2.75) is 25.8 Å². The van der Waals surface area contributed by atoms with E-state index >= 15 is 0 Å². The quantitative estimate of drug-likeness (QED) is 0.943. The number of aromatic nitrogens is 2. The summed E-state index contributed by atoms with van der Waals surface area (Å²) in [6.07, 6.45) is 2.79. The average Bonchev–Trinajstić information content (AvgIpc) is 3.28. The summed E-state index contributed by atoms with van der Waals surface area (Å²) in [6, 6.07) is 3.09. The number of fused-ring (bicyclic) bond motifs is 1. The normalized spacial score (nSPS) is 20.2. The lowest BCUT2D eigenvalue weighted by atomic mass is 10.2. The second-order valence-corrected chi connectivity index (χ2v) is 7.19. The van der Waals surface area contributed by atoms with E-state index in [1.807, 2.05) is 7.05 Å². The van der Waals surface area contributed by atoms with Gasteiger partial charge in [-0.1, -0.05) is 0 Å². The lowest BCUT2D eigenvalue weighted by Crippen LogP contribution is -2.47. The largest absolute Gasteiger partial charge is 0.357 e. The second-order valence-electron chi connectivity index (χ2n) is 5.95. The SMILES string of the molecule is CNc1nc(N2CCN(C3CC3)CC2)c2cc(C)sc2n1. The summed E-state index contributed by atoms with van der Waals surface area (Å²) in [6.45, 7) is 6.60. The molecule has 1 N–H and O–H groups in total. The third-order valence-electron chi connectivity index (χ3n) is 4.40. The number of anilines is 2. The minimum atomic E-state index is 0.726. The molecule has 0 spiro atoms. The summed E-state index contributed by atoms with van der Waals surface area (Å²) in [5, 5.41) is 4.30. The molecule has 0 unspecified atom stereocenters. The van der Waals surface area contributed by atoms with Crippen LogP contribution < -0.4 is 10.2 Å². The Morgan fingerprint density at radius 2 is 1.95 bits per heavy atom. The van der Waals surface area contributed by atoms with Gasteiger partial charge in [0.15, 0.2) is 0 Å². The molecular formula is C15H21N5S. The van der Waals surface area contributed by atoms with Gasteiger partial charge < -0.3 is 10.2 Å². The van der Waals surface area contributed by atoms with Gasteiger partial charge >= 0.3 is 0 Å². The molecule has 0 radical (unpaired) electrons. The van der Waals surface area contributed by atoms with E-state index in [-0.39, 0.29) is 0 Å². The predicted octanol–water partition coefficient (Wildman–Crippen LogP) is 2.33. The fourth-order valence-corrected chi connectivity index (χ4v) is 3.99. The van der Waals surface area contributed by atoms with Gasteiger partial charge in [0.25, 0.3) is 0 Å². The van der Waals surface area contributed by atoms with Crippen molar-refractivity contribution >= 4 is 33.3 Å². The first-order chi connectivity index (χ1) is 10.2. The fourth-order valence-electron chi connectivity index (χ4n) is 3.12. The van der Waals surface area contributed by atoms with E-state index in [1.54, 1.807) is 11.3 Å². The maximum Gasteiger partial charge on any atom is 0.225 e. The van der Waals surface area contributed by atoms with Crippen molar-refractivity contribution < 1.29 is 0 Å². The number of hydrogen-bond acceptors (Lipinski definition) is 6. The van der Waals surface area contributed by atoms with Crippen LogP contribution >= 0.6 is 11.3 Å². The molecule has 112 valence electrons. The Morgan fingerprint density at radius 3 is 2.62 bits per heavy atom. The van der Waals surface area contributed by atoms with Crippen LogP contribution in [0.3, 0.4) is 0 Å². The van der Waals surface area contributed by atoms with Crippen LogP contribution in [0.2, 0.25) is 0 Å². The Morgan fingerprint density at radius 1 is 1.19 bits per heavy atom. The van der Waals surface area contributed by atoms with Gasteiger partial charge in [-0.25, -0.2) is 4.98 Å². The minimum absolute atomic E-state index is 0.726. The molecule has 1 aliphatic carbocycles. The Bertz CT molecular complexity index is 655. The van der Waals surface area contributed by atoms with E-state index in [4.69, 9.17) is 4.98 Å². The molecule has 1 aliphatic heterocycles. The van der Waals surface area contributed by atoms with Gasteiger partial charge in [0.2, 0.25) is 5.95 Å². The molecule has 1 saturated heterocycles. The van der Waals surface area contributed by atoms with Crippen molar-refractivity contribution in [2.24, 2.45) is 0 Å². The summed E-state index contributed by atoms with van der Waals surface area (Å²) < 4.78 is 0. The molecule has 5 nitrogen and oxygen atoms in total. The van der Waals surface area contributed by atoms with Gasteiger partial charge in [-0.15, -0.1) is 11.3 Å². The molecule has 2 fully saturated rings. The van der Waals surface area contributed by atoms with Gasteiger partial charge in [0, 0.05) is 44.1 Å². The second kappa shape index (κ2) is 5.10. The lowest BCUT2D eigenvalue weighted by molar-refractivity contribution is 0.248. The minimum Gasteiger partial charge on any atom is -0.357 e. The number of rotatable bonds is 3. The molecule has 2 aliphatic rings. The highest BCUT2D eigenvalue weighted by molar-refractivity contribution is 7.18. The van der Waals surface area contributed by atoms with Crippen molar-refractivity contribution in [1.82, 2.24) is 14.9 Å². The smallest absolute Gasteiger partial charge is 0.225 e. The van der Waals surface area contributed by atoms with Crippen LogP contribution in [-0.2, 0) is 0 Å². The van der Waals surface area contributed by atoms with Crippen LogP contribution in [0.25, 0.3) is 10.2 Å². The van der Waals surface area contributed by atoms with Crippen molar-refractivity contribution in [3.63, 3.8) is 0 Å². The fraction of sp³-hybridized carbons (Fsp3) is 0.600. The van der Waals surface area contributed by atoms with Crippen molar-refractivity contribution in [1.29, 1.82) is 0 Å². The highest BCUT2D eigenvalue weighted by Crippen LogP contribution is 2.33. The van der Waals surface area contributed by atoms with E-state index in [2.05, 4.69) is 33.1 Å². The number of piperazine rings is 1. The Balaban J connectivity index is 1.65. The molecule has 0 amide bonds. The van der Waals surface area contributed by atoms with E-state index in [0.717, 1.165) is 48.8 Å². The van der Waals surface area contributed by atoms with Gasteiger partial charge in [-0.05, 0) is 25.8 Å². The molecule has 3 heterocycles. The Kier molecular flexibility index (Phi) is 3.23. The molecular weight excluding hydrogens is 282 g/mol. The zero-order valence-corrected chi connectivity index (χ0v) is 13.4. The van der Waals surface area contributed by atoms with E-state index in [9.17, 15) is 0 Å². The summed E-state index contributed by atoms with van der Waals surface area (Å²) in [4.78, 5) is 16.8. The van der Waals surface area contributed by atoms with Crippen LogP contribution in [0.5, 0.6) is 0 Å². The first-order valence-electron chi connectivity index (χ1n) is 7.69. The maximum absolute atomic E-state index is 4.73.